The Hall–Kier alpha value is -1.32. The van der Waals surface area contributed by atoms with Crippen LogP contribution in [-0.4, -0.2) is 17.0 Å². The zero-order valence-corrected chi connectivity index (χ0v) is 12.4. The third-order valence-electron chi connectivity index (χ3n) is 3.07. The molecule has 0 saturated heterocycles. The normalized spacial score (nSPS) is 12.2. The van der Waals surface area contributed by atoms with Gasteiger partial charge in [-0.25, -0.2) is 9.97 Å². The molecule has 0 saturated carbocycles. The second-order valence-corrected chi connectivity index (χ2v) is 5.07. The summed E-state index contributed by atoms with van der Waals surface area (Å²) in [6, 6.07) is 7.94. The van der Waals surface area contributed by atoms with E-state index in [1.807, 2.05) is 36.2 Å². The Morgan fingerprint density at radius 3 is 2.53 bits per heavy atom. The van der Waals surface area contributed by atoms with E-state index in [4.69, 9.17) is 23.2 Å². The molecule has 2 aromatic rings. The predicted molar refractivity (Wildman–Crippen MR) is 79.9 cm³/mol. The summed E-state index contributed by atoms with van der Waals surface area (Å²) >= 11 is 11.7. The number of rotatable bonds is 4. The van der Waals surface area contributed by atoms with E-state index in [1.165, 1.54) is 0 Å². The highest BCUT2D eigenvalue weighted by molar-refractivity contribution is 6.30. The van der Waals surface area contributed by atoms with Crippen LogP contribution in [0.2, 0.25) is 5.02 Å². The average Bonchev–Trinajstić information content (AvgIpc) is 2.46. The molecule has 0 fully saturated rings. The molecular formula is C14H15Cl2N3. The molecular weight excluding hydrogens is 281 g/mol. The smallest absolute Gasteiger partial charge is 0.225 e. The lowest BCUT2D eigenvalue weighted by atomic mass is 10.1. The minimum Gasteiger partial charge on any atom is -0.337 e. The number of benzene rings is 1. The molecule has 0 aliphatic heterocycles. The number of anilines is 1. The number of halogens is 2. The van der Waals surface area contributed by atoms with Crippen LogP contribution in [0.15, 0.2) is 36.7 Å². The molecule has 5 heteroatoms. The van der Waals surface area contributed by atoms with E-state index in [0.29, 0.717) is 11.8 Å². The zero-order chi connectivity index (χ0) is 13.8. The lowest BCUT2D eigenvalue weighted by Gasteiger charge is -2.25. The van der Waals surface area contributed by atoms with E-state index >= 15 is 0 Å². The largest absolute Gasteiger partial charge is 0.337 e. The van der Waals surface area contributed by atoms with Crippen molar-refractivity contribution >= 4 is 29.2 Å². The average molecular weight is 296 g/mol. The van der Waals surface area contributed by atoms with Crippen molar-refractivity contribution in [3.63, 3.8) is 0 Å². The predicted octanol–water partition coefficient (Wildman–Crippen LogP) is 4.07. The summed E-state index contributed by atoms with van der Waals surface area (Å²) in [5.41, 5.74) is 2.04. The van der Waals surface area contributed by atoms with Crippen molar-refractivity contribution in [1.29, 1.82) is 0 Å². The molecule has 19 heavy (non-hydrogen) atoms. The monoisotopic (exact) mass is 295 g/mol. The first kappa shape index (κ1) is 14.1. The Bertz CT molecular complexity index is 543. The summed E-state index contributed by atoms with van der Waals surface area (Å²) in [6.07, 6.45) is 3.49. The molecule has 1 heterocycles. The van der Waals surface area contributed by atoms with Crippen LogP contribution in [0.3, 0.4) is 0 Å². The molecule has 1 aromatic heterocycles. The van der Waals surface area contributed by atoms with Gasteiger partial charge < -0.3 is 4.90 Å². The Kier molecular flexibility index (Phi) is 4.61. The third kappa shape index (κ3) is 3.37. The highest BCUT2D eigenvalue weighted by atomic mass is 35.5. The molecule has 1 atom stereocenters. The van der Waals surface area contributed by atoms with Crippen molar-refractivity contribution in [2.75, 3.05) is 11.9 Å². The van der Waals surface area contributed by atoms with Gasteiger partial charge in [0.15, 0.2) is 0 Å². The van der Waals surface area contributed by atoms with Crippen LogP contribution in [0.5, 0.6) is 0 Å². The van der Waals surface area contributed by atoms with Gasteiger partial charge in [-0.05, 0) is 24.6 Å². The van der Waals surface area contributed by atoms with Crippen LogP contribution in [0.25, 0.3) is 0 Å². The van der Waals surface area contributed by atoms with Gasteiger partial charge in [0.1, 0.15) is 0 Å². The van der Waals surface area contributed by atoms with Crippen molar-refractivity contribution in [3.05, 3.63) is 52.8 Å². The minimum atomic E-state index is 0.139. The van der Waals surface area contributed by atoms with Crippen LogP contribution in [-0.2, 0) is 5.88 Å². The van der Waals surface area contributed by atoms with Gasteiger partial charge in [-0.2, -0.15) is 0 Å². The van der Waals surface area contributed by atoms with Crippen LogP contribution in [0, 0.1) is 0 Å². The standard InChI is InChI=1S/C14H15Cl2N3/c1-10(12-4-3-5-13(16)6-12)19(2)14-17-8-11(7-15)9-18-14/h3-6,8-10H,7H2,1-2H3. The molecule has 0 bridgehead atoms. The second-order valence-electron chi connectivity index (χ2n) is 4.37. The van der Waals surface area contributed by atoms with Crippen molar-refractivity contribution in [3.8, 4) is 0 Å². The lowest BCUT2D eigenvalue weighted by molar-refractivity contribution is 0.714. The van der Waals surface area contributed by atoms with Crippen molar-refractivity contribution in [2.24, 2.45) is 0 Å². The summed E-state index contributed by atoms with van der Waals surface area (Å²) in [7, 11) is 1.96. The van der Waals surface area contributed by atoms with Gasteiger partial charge in [0.25, 0.3) is 0 Å². The molecule has 100 valence electrons. The number of aromatic nitrogens is 2. The lowest BCUT2D eigenvalue weighted by Crippen LogP contribution is -2.23. The third-order valence-corrected chi connectivity index (χ3v) is 3.62. The topological polar surface area (TPSA) is 29.0 Å². The minimum absolute atomic E-state index is 0.139. The van der Waals surface area contributed by atoms with Crippen LogP contribution in [0.4, 0.5) is 5.95 Å². The maximum atomic E-state index is 6.01. The van der Waals surface area contributed by atoms with Gasteiger partial charge in [0, 0.05) is 30.0 Å². The maximum absolute atomic E-state index is 6.01. The van der Waals surface area contributed by atoms with Crippen molar-refractivity contribution in [1.82, 2.24) is 9.97 Å². The Balaban J connectivity index is 2.20. The molecule has 3 nitrogen and oxygen atoms in total. The number of hydrogen-bond acceptors (Lipinski definition) is 3. The fraction of sp³-hybridized carbons (Fsp3) is 0.286. The number of nitrogens with zero attached hydrogens (tertiary/aromatic N) is 3. The first-order chi connectivity index (χ1) is 9.11. The van der Waals surface area contributed by atoms with Crippen LogP contribution >= 0.6 is 23.2 Å². The van der Waals surface area contributed by atoms with E-state index in [-0.39, 0.29) is 6.04 Å². The molecule has 0 aliphatic carbocycles. The summed E-state index contributed by atoms with van der Waals surface area (Å²) in [4.78, 5) is 10.6. The first-order valence-corrected chi connectivity index (χ1v) is 6.88. The summed E-state index contributed by atoms with van der Waals surface area (Å²) in [5, 5.41) is 0.733. The molecule has 0 amide bonds. The fourth-order valence-electron chi connectivity index (χ4n) is 1.76. The number of alkyl halides is 1. The summed E-state index contributed by atoms with van der Waals surface area (Å²) in [5.74, 6) is 1.09. The van der Waals surface area contributed by atoms with Gasteiger partial charge in [-0.3, -0.25) is 0 Å². The van der Waals surface area contributed by atoms with Gasteiger partial charge in [0.05, 0.1) is 11.9 Å². The highest BCUT2D eigenvalue weighted by Crippen LogP contribution is 2.24. The van der Waals surface area contributed by atoms with E-state index in [1.54, 1.807) is 12.4 Å². The Morgan fingerprint density at radius 2 is 1.95 bits per heavy atom. The Morgan fingerprint density at radius 1 is 1.26 bits per heavy atom. The zero-order valence-electron chi connectivity index (χ0n) is 10.8. The van der Waals surface area contributed by atoms with Crippen molar-refractivity contribution < 1.29 is 0 Å². The fourth-order valence-corrected chi connectivity index (χ4v) is 2.10. The molecule has 0 N–H and O–H groups in total. The SMILES string of the molecule is CC(c1cccc(Cl)c1)N(C)c1ncc(CCl)cn1. The van der Waals surface area contributed by atoms with E-state index < -0.39 is 0 Å². The second kappa shape index (κ2) is 6.22. The van der Waals surface area contributed by atoms with Gasteiger partial charge in [0.2, 0.25) is 5.95 Å². The molecule has 2 rings (SSSR count). The molecule has 1 aromatic carbocycles. The molecule has 0 radical (unpaired) electrons. The first-order valence-electron chi connectivity index (χ1n) is 5.97. The molecule has 0 spiro atoms. The number of hydrogen-bond donors (Lipinski definition) is 0. The summed E-state index contributed by atoms with van der Waals surface area (Å²) in [6.45, 7) is 2.09. The van der Waals surface area contributed by atoms with E-state index in [2.05, 4.69) is 16.9 Å². The highest BCUT2D eigenvalue weighted by Gasteiger charge is 2.14. The maximum Gasteiger partial charge on any atom is 0.225 e. The van der Waals surface area contributed by atoms with Crippen LogP contribution in [0.1, 0.15) is 24.1 Å². The van der Waals surface area contributed by atoms with Crippen LogP contribution < -0.4 is 4.90 Å². The molecule has 0 aliphatic rings. The van der Waals surface area contributed by atoms with Crippen molar-refractivity contribution in [2.45, 2.75) is 18.8 Å². The Labute approximate surface area is 123 Å². The van der Waals surface area contributed by atoms with E-state index in [0.717, 1.165) is 16.1 Å². The van der Waals surface area contributed by atoms with E-state index in [9.17, 15) is 0 Å². The van der Waals surface area contributed by atoms with Gasteiger partial charge in [-0.15, -0.1) is 11.6 Å². The van der Waals surface area contributed by atoms with Gasteiger partial charge >= 0.3 is 0 Å². The summed E-state index contributed by atoms with van der Waals surface area (Å²) < 4.78 is 0. The molecule has 1 unspecified atom stereocenters. The quantitative estimate of drug-likeness (QED) is 0.796. The van der Waals surface area contributed by atoms with Gasteiger partial charge in [-0.1, -0.05) is 23.7 Å².